The van der Waals surface area contributed by atoms with Crippen LogP contribution < -0.4 is 10.0 Å². The number of nitrogens with one attached hydrogen (secondary N) is 2. The predicted octanol–water partition coefficient (Wildman–Crippen LogP) is 1.91. The molecule has 0 saturated heterocycles. The lowest BCUT2D eigenvalue weighted by molar-refractivity contribution is 0.573. The molecule has 6 nitrogen and oxygen atoms in total. The number of imidazole rings is 1. The van der Waals surface area contributed by atoms with Gasteiger partial charge in [-0.25, -0.2) is 18.1 Å². The molecule has 0 radical (unpaired) electrons. The van der Waals surface area contributed by atoms with Gasteiger partial charge < -0.3 is 5.32 Å². The van der Waals surface area contributed by atoms with Crippen LogP contribution in [-0.2, 0) is 10.0 Å². The van der Waals surface area contributed by atoms with Gasteiger partial charge in [0.15, 0.2) is 15.8 Å². The van der Waals surface area contributed by atoms with Crippen LogP contribution in [0.2, 0.25) is 0 Å². The lowest BCUT2D eigenvalue weighted by Gasteiger charge is -2.08. The first-order valence-electron chi connectivity index (χ1n) is 6.81. The van der Waals surface area contributed by atoms with E-state index in [4.69, 9.17) is 0 Å². The molecule has 0 aliphatic heterocycles. The smallest absolute Gasteiger partial charge is 0.260 e. The van der Waals surface area contributed by atoms with E-state index in [0.29, 0.717) is 29.8 Å². The van der Waals surface area contributed by atoms with E-state index in [0.717, 1.165) is 19.3 Å². The quantitative estimate of drug-likeness (QED) is 0.818. The largest absolute Gasteiger partial charge is 0.368 e. The molecule has 20 heavy (non-hydrogen) atoms. The van der Waals surface area contributed by atoms with E-state index in [1.165, 1.54) is 11.3 Å². The van der Waals surface area contributed by atoms with Gasteiger partial charge in [-0.2, -0.15) is 0 Å². The summed E-state index contributed by atoms with van der Waals surface area (Å²) >= 11 is 1.43. The van der Waals surface area contributed by atoms with Crippen LogP contribution in [0, 0.1) is 5.92 Å². The number of anilines is 1. The molecule has 110 valence electrons. The van der Waals surface area contributed by atoms with E-state index in [-0.39, 0.29) is 5.03 Å². The highest BCUT2D eigenvalue weighted by Crippen LogP contribution is 2.29. The van der Waals surface area contributed by atoms with Gasteiger partial charge in [0, 0.05) is 24.7 Å². The number of fused-ring (bicyclic) bond motifs is 1. The van der Waals surface area contributed by atoms with E-state index in [2.05, 4.69) is 15.0 Å². The Morgan fingerprint density at radius 3 is 3.00 bits per heavy atom. The molecule has 0 unspecified atom stereocenters. The zero-order valence-electron chi connectivity index (χ0n) is 11.3. The summed E-state index contributed by atoms with van der Waals surface area (Å²) in [4.78, 5) is 5.06. The predicted molar refractivity (Wildman–Crippen MR) is 79.8 cm³/mol. The lowest BCUT2D eigenvalue weighted by Crippen LogP contribution is -2.27. The van der Waals surface area contributed by atoms with Gasteiger partial charge >= 0.3 is 0 Å². The van der Waals surface area contributed by atoms with E-state index < -0.39 is 10.0 Å². The number of aromatic nitrogens is 2. The molecule has 1 aliphatic rings. The van der Waals surface area contributed by atoms with Crippen LogP contribution in [0.5, 0.6) is 0 Å². The van der Waals surface area contributed by atoms with Crippen molar-refractivity contribution in [3.05, 3.63) is 11.6 Å². The molecule has 3 rings (SSSR count). The van der Waals surface area contributed by atoms with Crippen LogP contribution >= 0.6 is 11.3 Å². The third kappa shape index (κ3) is 2.68. The first kappa shape index (κ1) is 13.8. The molecule has 0 aromatic carbocycles. The molecule has 0 amide bonds. The highest BCUT2D eigenvalue weighted by molar-refractivity contribution is 7.89. The van der Waals surface area contributed by atoms with Crippen LogP contribution in [-0.4, -0.2) is 30.9 Å². The molecule has 2 N–H and O–H groups in total. The minimum atomic E-state index is -3.53. The fourth-order valence-corrected chi connectivity index (χ4v) is 4.14. The Kier molecular flexibility index (Phi) is 3.70. The SMILES string of the molecule is CCCNc1nc2sccn2c1S(=O)(=O)NCC1CC1. The van der Waals surface area contributed by atoms with E-state index in [9.17, 15) is 8.42 Å². The van der Waals surface area contributed by atoms with Crippen LogP contribution in [0.25, 0.3) is 4.96 Å². The summed E-state index contributed by atoms with van der Waals surface area (Å²) in [5, 5.41) is 5.17. The molecule has 2 aromatic heterocycles. The maximum absolute atomic E-state index is 12.5. The first-order chi connectivity index (χ1) is 9.62. The van der Waals surface area contributed by atoms with Crippen molar-refractivity contribution in [2.45, 2.75) is 31.2 Å². The molecule has 2 heterocycles. The molecule has 1 aliphatic carbocycles. The lowest BCUT2D eigenvalue weighted by atomic mass is 10.4. The van der Waals surface area contributed by atoms with Crippen molar-refractivity contribution in [1.82, 2.24) is 14.1 Å². The van der Waals surface area contributed by atoms with Crippen molar-refractivity contribution in [2.75, 3.05) is 18.4 Å². The minimum absolute atomic E-state index is 0.225. The third-order valence-corrected chi connectivity index (χ3v) is 5.48. The number of hydrogen-bond donors (Lipinski definition) is 2. The number of sulfonamides is 1. The Morgan fingerprint density at radius 1 is 1.50 bits per heavy atom. The minimum Gasteiger partial charge on any atom is -0.368 e. The summed E-state index contributed by atoms with van der Waals surface area (Å²) in [6.07, 6.45) is 4.89. The average molecular weight is 314 g/mol. The zero-order valence-corrected chi connectivity index (χ0v) is 12.9. The summed E-state index contributed by atoms with van der Waals surface area (Å²) < 4.78 is 29.4. The summed E-state index contributed by atoms with van der Waals surface area (Å²) in [5.41, 5.74) is 0. The highest BCUT2D eigenvalue weighted by atomic mass is 32.2. The molecular formula is C12H18N4O2S2. The molecule has 0 spiro atoms. The molecule has 2 aromatic rings. The Bertz CT molecular complexity index is 700. The topological polar surface area (TPSA) is 75.5 Å². The number of rotatable bonds is 7. The second-order valence-electron chi connectivity index (χ2n) is 5.04. The molecule has 1 saturated carbocycles. The van der Waals surface area contributed by atoms with Gasteiger partial charge in [0.1, 0.15) is 0 Å². The number of hydrogen-bond acceptors (Lipinski definition) is 5. The van der Waals surface area contributed by atoms with Crippen LogP contribution in [0.15, 0.2) is 16.6 Å². The molecule has 0 bridgehead atoms. The van der Waals surface area contributed by atoms with Gasteiger partial charge in [0.2, 0.25) is 0 Å². The van der Waals surface area contributed by atoms with Crippen molar-refractivity contribution < 1.29 is 8.42 Å². The van der Waals surface area contributed by atoms with Gasteiger partial charge in [-0.15, -0.1) is 11.3 Å². The molecule has 8 heteroatoms. The van der Waals surface area contributed by atoms with Crippen molar-refractivity contribution in [3.8, 4) is 0 Å². The van der Waals surface area contributed by atoms with Crippen LogP contribution in [0.4, 0.5) is 5.82 Å². The molecule has 1 fully saturated rings. The third-order valence-electron chi connectivity index (χ3n) is 3.27. The maximum Gasteiger partial charge on any atom is 0.260 e. The van der Waals surface area contributed by atoms with Gasteiger partial charge in [0.25, 0.3) is 10.0 Å². The summed E-state index contributed by atoms with van der Waals surface area (Å²) in [6, 6.07) is 0. The van der Waals surface area contributed by atoms with Crippen molar-refractivity contribution in [1.29, 1.82) is 0 Å². The average Bonchev–Trinajstić information content (AvgIpc) is 3.02. The van der Waals surface area contributed by atoms with Gasteiger partial charge in [-0.1, -0.05) is 6.92 Å². The van der Waals surface area contributed by atoms with Crippen molar-refractivity contribution in [3.63, 3.8) is 0 Å². The van der Waals surface area contributed by atoms with E-state index in [1.54, 1.807) is 10.6 Å². The van der Waals surface area contributed by atoms with E-state index in [1.807, 2.05) is 12.3 Å². The van der Waals surface area contributed by atoms with Crippen LogP contribution in [0.1, 0.15) is 26.2 Å². The van der Waals surface area contributed by atoms with Crippen molar-refractivity contribution >= 4 is 32.1 Å². The second kappa shape index (κ2) is 5.34. The van der Waals surface area contributed by atoms with Crippen molar-refractivity contribution in [2.24, 2.45) is 5.92 Å². The summed E-state index contributed by atoms with van der Waals surface area (Å²) in [5.74, 6) is 0.949. The van der Waals surface area contributed by atoms with Gasteiger partial charge in [0.05, 0.1) is 0 Å². The van der Waals surface area contributed by atoms with Gasteiger partial charge in [-0.3, -0.25) is 4.40 Å². The van der Waals surface area contributed by atoms with Gasteiger partial charge in [-0.05, 0) is 25.2 Å². The number of nitrogens with zero attached hydrogens (tertiary/aromatic N) is 2. The summed E-state index contributed by atoms with van der Waals surface area (Å²) in [7, 11) is -3.53. The van der Waals surface area contributed by atoms with Crippen LogP contribution in [0.3, 0.4) is 0 Å². The fourth-order valence-electron chi connectivity index (χ4n) is 2.00. The standard InChI is InChI=1S/C12H18N4O2S2/c1-2-5-13-10-11(16-6-7-19-12(16)15-10)20(17,18)14-8-9-3-4-9/h6-7,9,13-14H,2-5,8H2,1H3. The fraction of sp³-hybridized carbons (Fsp3) is 0.583. The Labute approximate surface area is 122 Å². The normalized spacial score (nSPS) is 15.8. The Hall–Kier alpha value is -1.12. The molecule has 0 atom stereocenters. The molecular weight excluding hydrogens is 296 g/mol. The van der Waals surface area contributed by atoms with E-state index >= 15 is 0 Å². The monoisotopic (exact) mass is 314 g/mol. The maximum atomic E-state index is 12.5. The Balaban J connectivity index is 1.95. The second-order valence-corrected chi connectivity index (χ2v) is 7.60. The highest BCUT2D eigenvalue weighted by Gasteiger charge is 2.29. The Morgan fingerprint density at radius 2 is 2.30 bits per heavy atom. The summed E-state index contributed by atoms with van der Waals surface area (Å²) in [6.45, 7) is 3.26. The zero-order chi connectivity index (χ0) is 14.2. The number of thiazole rings is 1. The first-order valence-corrected chi connectivity index (χ1v) is 9.17.